The summed E-state index contributed by atoms with van der Waals surface area (Å²) in [6, 6.07) is 11.0. The Bertz CT molecular complexity index is 908. The predicted molar refractivity (Wildman–Crippen MR) is 103 cm³/mol. The van der Waals surface area contributed by atoms with Crippen LogP contribution in [-0.4, -0.2) is 38.6 Å². The number of hydrogen-bond donors (Lipinski definition) is 0. The van der Waals surface area contributed by atoms with E-state index < -0.39 is 0 Å². The van der Waals surface area contributed by atoms with E-state index in [9.17, 15) is 4.79 Å². The van der Waals surface area contributed by atoms with E-state index in [1.54, 1.807) is 12.1 Å². The fraction of sp³-hybridized carbons (Fsp3) is 0.350. The van der Waals surface area contributed by atoms with Crippen LogP contribution in [0, 0.1) is 0 Å². The van der Waals surface area contributed by atoms with E-state index >= 15 is 0 Å². The third kappa shape index (κ3) is 4.06. The van der Waals surface area contributed by atoms with E-state index in [1.165, 1.54) is 12.8 Å². The van der Waals surface area contributed by atoms with Crippen LogP contribution in [0.1, 0.15) is 42.0 Å². The van der Waals surface area contributed by atoms with E-state index in [0.717, 1.165) is 31.5 Å². The lowest BCUT2D eigenvalue weighted by atomic mass is 10.2. The smallest absolute Gasteiger partial charge is 0.270 e. The maximum atomic E-state index is 12.9. The zero-order valence-corrected chi connectivity index (χ0v) is 15.7. The Hall–Kier alpha value is -2.60. The second kappa shape index (κ2) is 7.96. The third-order valence-electron chi connectivity index (χ3n) is 4.81. The molecule has 1 aliphatic heterocycles. The largest absolute Gasteiger partial charge is 0.337 e. The average molecular weight is 385 g/mol. The van der Waals surface area contributed by atoms with Crippen LogP contribution in [0.25, 0.3) is 11.5 Å². The van der Waals surface area contributed by atoms with Crippen LogP contribution >= 0.6 is 11.6 Å². The van der Waals surface area contributed by atoms with Crippen molar-refractivity contribution in [1.29, 1.82) is 0 Å². The Morgan fingerprint density at radius 1 is 1.07 bits per heavy atom. The van der Waals surface area contributed by atoms with Gasteiger partial charge in [0.05, 0.1) is 6.54 Å². The molecule has 3 heterocycles. The first-order valence-corrected chi connectivity index (χ1v) is 9.61. The van der Waals surface area contributed by atoms with Crippen LogP contribution in [0.5, 0.6) is 0 Å². The SMILES string of the molecule is O=C(c1cccn1Cc1noc(-c2ccc(Cl)cc2)n1)N1CCCCCC1. The minimum Gasteiger partial charge on any atom is -0.337 e. The van der Waals surface area contributed by atoms with Gasteiger partial charge in [-0.25, -0.2) is 0 Å². The predicted octanol–water partition coefficient (Wildman–Crippen LogP) is 4.26. The van der Waals surface area contributed by atoms with Crippen molar-refractivity contribution in [2.75, 3.05) is 13.1 Å². The summed E-state index contributed by atoms with van der Waals surface area (Å²) in [5.41, 5.74) is 1.47. The molecule has 1 saturated heterocycles. The van der Waals surface area contributed by atoms with Crippen molar-refractivity contribution in [2.24, 2.45) is 0 Å². The molecule has 1 aliphatic rings. The molecule has 27 heavy (non-hydrogen) atoms. The van der Waals surface area contributed by atoms with Crippen molar-refractivity contribution in [3.8, 4) is 11.5 Å². The first kappa shape index (κ1) is 17.8. The second-order valence-corrected chi connectivity index (χ2v) is 7.19. The minimum atomic E-state index is 0.0725. The van der Waals surface area contributed by atoms with E-state index in [-0.39, 0.29) is 5.91 Å². The number of nitrogens with zero attached hydrogens (tertiary/aromatic N) is 4. The van der Waals surface area contributed by atoms with Gasteiger partial charge >= 0.3 is 0 Å². The van der Waals surface area contributed by atoms with Gasteiger partial charge in [0, 0.05) is 29.9 Å². The Morgan fingerprint density at radius 2 is 1.81 bits per heavy atom. The zero-order chi connectivity index (χ0) is 18.6. The first-order valence-electron chi connectivity index (χ1n) is 9.23. The van der Waals surface area contributed by atoms with Gasteiger partial charge in [0.15, 0.2) is 5.82 Å². The summed E-state index contributed by atoms with van der Waals surface area (Å²) in [6.45, 7) is 2.04. The highest BCUT2D eigenvalue weighted by atomic mass is 35.5. The molecule has 2 aromatic heterocycles. The van der Waals surface area contributed by atoms with E-state index in [1.807, 2.05) is 39.9 Å². The number of aromatic nitrogens is 3. The van der Waals surface area contributed by atoms with Gasteiger partial charge in [-0.1, -0.05) is 29.6 Å². The first-order chi connectivity index (χ1) is 13.2. The summed E-state index contributed by atoms with van der Waals surface area (Å²) in [5.74, 6) is 1.04. The quantitative estimate of drug-likeness (QED) is 0.674. The molecule has 0 radical (unpaired) electrons. The summed E-state index contributed by atoms with van der Waals surface area (Å²) in [6.07, 6.45) is 6.41. The number of hydrogen-bond acceptors (Lipinski definition) is 4. The lowest BCUT2D eigenvalue weighted by molar-refractivity contribution is 0.0751. The monoisotopic (exact) mass is 384 g/mol. The summed E-state index contributed by atoms with van der Waals surface area (Å²) in [5, 5.41) is 4.71. The van der Waals surface area contributed by atoms with Crippen molar-refractivity contribution < 1.29 is 9.32 Å². The molecule has 0 unspecified atom stereocenters. The average Bonchev–Trinajstić information content (AvgIpc) is 3.24. The fourth-order valence-electron chi connectivity index (χ4n) is 3.36. The molecule has 1 amide bonds. The summed E-state index contributed by atoms with van der Waals surface area (Å²) < 4.78 is 7.24. The van der Waals surface area contributed by atoms with E-state index in [2.05, 4.69) is 10.1 Å². The molecule has 0 spiro atoms. The van der Waals surface area contributed by atoms with Crippen molar-refractivity contribution in [3.05, 3.63) is 59.1 Å². The highest BCUT2D eigenvalue weighted by molar-refractivity contribution is 6.30. The topological polar surface area (TPSA) is 64.2 Å². The highest BCUT2D eigenvalue weighted by Gasteiger charge is 2.21. The van der Waals surface area contributed by atoms with Crippen LogP contribution in [0.4, 0.5) is 0 Å². The van der Waals surface area contributed by atoms with Crippen molar-refractivity contribution in [1.82, 2.24) is 19.6 Å². The molecule has 0 N–H and O–H groups in total. The number of carbonyl (C=O) groups is 1. The van der Waals surface area contributed by atoms with Crippen molar-refractivity contribution >= 4 is 17.5 Å². The Kier molecular flexibility index (Phi) is 5.25. The molecular formula is C20H21ClN4O2. The van der Waals surface area contributed by atoms with Gasteiger partial charge in [-0.05, 0) is 49.2 Å². The number of likely N-dealkylation sites (tertiary alicyclic amines) is 1. The lowest BCUT2D eigenvalue weighted by Crippen LogP contribution is -2.33. The Morgan fingerprint density at radius 3 is 2.56 bits per heavy atom. The molecule has 7 heteroatoms. The van der Waals surface area contributed by atoms with Gasteiger partial charge < -0.3 is 14.0 Å². The van der Waals surface area contributed by atoms with Gasteiger partial charge in [-0.15, -0.1) is 0 Å². The summed E-state index contributed by atoms with van der Waals surface area (Å²) >= 11 is 5.91. The highest BCUT2D eigenvalue weighted by Crippen LogP contribution is 2.20. The molecule has 0 atom stereocenters. The lowest BCUT2D eigenvalue weighted by Gasteiger charge is -2.21. The number of carbonyl (C=O) groups excluding carboxylic acids is 1. The van der Waals surface area contributed by atoms with Crippen molar-refractivity contribution in [3.63, 3.8) is 0 Å². The Labute approximate surface area is 162 Å². The Balaban J connectivity index is 1.50. The number of amides is 1. The van der Waals surface area contributed by atoms with Gasteiger partial charge in [0.2, 0.25) is 0 Å². The molecule has 0 aliphatic carbocycles. The molecule has 1 fully saturated rings. The van der Waals surface area contributed by atoms with Crippen LogP contribution in [0.15, 0.2) is 47.1 Å². The van der Waals surface area contributed by atoms with Gasteiger partial charge in [-0.3, -0.25) is 4.79 Å². The molecule has 0 saturated carbocycles. The van der Waals surface area contributed by atoms with Crippen LogP contribution in [0.2, 0.25) is 5.02 Å². The molecular weight excluding hydrogens is 364 g/mol. The standard InChI is InChI=1S/C20H21ClN4O2/c21-16-9-7-15(8-10-16)19-22-18(23-27-19)14-25-13-5-6-17(25)20(26)24-11-3-1-2-4-12-24/h5-10,13H,1-4,11-12,14H2. The number of benzene rings is 1. The van der Waals surface area contributed by atoms with Crippen LogP contribution < -0.4 is 0 Å². The molecule has 4 rings (SSSR count). The second-order valence-electron chi connectivity index (χ2n) is 6.75. The fourth-order valence-corrected chi connectivity index (χ4v) is 3.49. The normalized spacial score (nSPS) is 14.9. The van der Waals surface area contributed by atoms with Crippen LogP contribution in [0.3, 0.4) is 0 Å². The zero-order valence-electron chi connectivity index (χ0n) is 15.0. The molecule has 6 nitrogen and oxygen atoms in total. The van der Waals surface area contributed by atoms with E-state index in [0.29, 0.717) is 29.0 Å². The number of rotatable bonds is 4. The summed E-state index contributed by atoms with van der Waals surface area (Å²) in [4.78, 5) is 19.3. The molecule has 140 valence electrons. The van der Waals surface area contributed by atoms with Gasteiger partial charge in [-0.2, -0.15) is 4.98 Å². The van der Waals surface area contributed by atoms with E-state index in [4.69, 9.17) is 16.1 Å². The number of halogens is 1. The van der Waals surface area contributed by atoms with Crippen LogP contribution in [-0.2, 0) is 6.54 Å². The maximum absolute atomic E-state index is 12.9. The molecule has 0 bridgehead atoms. The van der Waals surface area contributed by atoms with Gasteiger partial charge in [0.25, 0.3) is 11.8 Å². The molecule has 1 aromatic carbocycles. The summed E-state index contributed by atoms with van der Waals surface area (Å²) in [7, 11) is 0. The van der Waals surface area contributed by atoms with Gasteiger partial charge in [0.1, 0.15) is 5.69 Å². The maximum Gasteiger partial charge on any atom is 0.270 e. The van der Waals surface area contributed by atoms with Crippen molar-refractivity contribution in [2.45, 2.75) is 32.2 Å². The molecule has 3 aromatic rings. The third-order valence-corrected chi connectivity index (χ3v) is 5.06. The minimum absolute atomic E-state index is 0.0725.